The Hall–Kier alpha value is -2.80. The Morgan fingerprint density at radius 1 is 1.10 bits per heavy atom. The third kappa shape index (κ3) is 4.51. The van der Waals surface area contributed by atoms with Crippen LogP contribution in [0.2, 0.25) is 0 Å². The highest BCUT2D eigenvalue weighted by Crippen LogP contribution is 2.25. The molecule has 2 N–H and O–H groups in total. The van der Waals surface area contributed by atoms with Crippen molar-refractivity contribution in [1.82, 2.24) is 9.88 Å². The van der Waals surface area contributed by atoms with Crippen molar-refractivity contribution in [1.29, 1.82) is 0 Å². The lowest BCUT2D eigenvalue weighted by Crippen LogP contribution is -2.46. The standard InChI is InChI=1S/C23H32N4O3/c1-6-26-10-12-27(13-11-26)18-8-9-19(15(3)14-18)25-22(28)21-16(4)20(17(5)24-21)23(29)30-7-2/h8-9,14,24H,6-7,10-13H2,1-5H3,(H,25,28). The van der Waals surface area contributed by atoms with E-state index in [4.69, 9.17) is 4.74 Å². The minimum Gasteiger partial charge on any atom is -0.462 e. The van der Waals surface area contributed by atoms with Crippen LogP contribution >= 0.6 is 0 Å². The van der Waals surface area contributed by atoms with Gasteiger partial charge >= 0.3 is 5.97 Å². The van der Waals surface area contributed by atoms with Gasteiger partial charge in [-0.15, -0.1) is 0 Å². The number of anilines is 2. The number of carbonyl (C=O) groups excluding carboxylic acids is 2. The van der Waals surface area contributed by atoms with Crippen LogP contribution in [0.4, 0.5) is 11.4 Å². The number of hydrogen-bond donors (Lipinski definition) is 2. The first-order valence-corrected chi connectivity index (χ1v) is 10.6. The van der Waals surface area contributed by atoms with Crippen LogP contribution < -0.4 is 10.2 Å². The number of piperazine rings is 1. The Balaban J connectivity index is 1.73. The predicted octanol–water partition coefficient (Wildman–Crippen LogP) is 3.51. The molecule has 30 heavy (non-hydrogen) atoms. The van der Waals surface area contributed by atoms with Crippen LogP contribution in [0, 0.1) is 20.8 Å². The summed E-state index contributed by atoms with van der Waals surface area (Å²) in [6, 6.07) is 6.13. The Labute approximate surface area is 178 Å². The van der Waals surface area contributed by atoms with Gasteiger partial charge in [0, 0.05) is 43.2 Å². The maximum atomic E-state index is 12.9. The molecule has 0 spiro atoms. The SMILES string of the molecule is CCOC(=O)c1c(C)[nH]c(C(=O)Nc2ccc(N3CCN(CC)CC3)cc2C)c1C. The Bertz CT molecular complexity index is 927. The molecule has 2 heterocycles. The number of H-pyrrole nitrogens is 1. The van der Waals surface area contributed by atoms with Gasteiger partial charge in [-0.3, -0.25) is 4.79 Å². The average molecular weight is 413 g/mol. The van der Waals surface area contributed by atoms with Gasteiger partial charge < -0.3 is 24.8 Å². The highest BCUT2D eigenvalue weighted by molar-refractivity contribution is 6.07. The molecule has 0 radical (unpaired) electrons. The van der Waals surface area contributed by atoms with Crippen molar-refractivity contribution in [2.24, 2.45) is 0 Å². The molecule has 0 saturated carbocycles. The van der Waals surface area contributed by atoms with Crippen molar-refractivity contribution in [3.05, 3.63) is 46.3 Å². The molecule has 0 unspecified atom stereocenters. The fourth-order valence-corrected chi connectivity index (χ4v) is 3.98. The summed E-state index contributed by atoms with van der Waals surface area (Å²) in [6.07, 6.45) is 0. The van der Waals surface area contributed by atoms with E-state index < -0.39 is 5.97 Å². The van der Waals surface area contributed by atoms with E-state index in [1.54, 1.807) is 20.8 Å². The van der Waals surface area contributed by atoms with Crippen LogP contribution in [-0.4, -0.2) is 61.1 Å². The van der Waals surface area contributed by atoms with Gasteiger partial charge in [0.05, 0.1) is 12.2 Å². The summed E-state index contributed by atoms with van der Waals surface area (Å²) >= 11 is 0. The second-order valence-electron chi connectivity index (χ2n) is 7.72. The van der Waals surface area contributed by atoms with E-state index in [-0.39, 0.29) is 5.91 Å². The first-order valence-electron chi connectivity index (χ1n) is 10.6. The Morgan fingerprint density at radius 2 is 1.80 bits per heavy atom. The monoisotopic (exact) mass is 412 g/mol. The van der Waals surface area contributed by atoms with Gasteiger partial charge in [0.2, 0.25) is 0 Å². The molecule has 1 aliphatic rings. The molecule has 1 amide bonds. The maximum Gasteiger partial charge on any atom is 0.340 e. The van der Waals surface area contributed by atoms with E-state index in [0.717, 1.165) is 44.0 Å². The van der Waals surface area contributed by atoms with Crippen LogP contribution in [0.3, 0.4) is 0 Å². The molecule has 1 aliphatic heterocycles. The summed E-state index contributed by atoms with van der Waals surface area (Å²) in [5.74, 6) is -0.676. The highest BCUT2D eigenvalue weighted by Gasteiger charge is 2.23. The van der Waals surface area contributed by atoms with Crippen LogP contribution in [0.25, 0.3) is 0 Å². The van der Waals surface area contributed by atoms with E-state index in [0.29, 0.717) is 29.1 Å². The summed E-state index contributed by atoms with van der Waals surface area (Å²) in [4.78, 5) is 32.9. The van der Waals surface area contributed by atoms with Gasteiger partial charge in [-0.1, -0.05) is 6.92 Å². The molecule has 0 bridgehead atoms. The van der Waals surface area contributed by atoms with Crippen molar-refractivity contribution in [3.63, 3.8) is 0 Å². The number of ether oxygens (including phenoxy) is 1. The number of carbonyl (C=O) groups is 2. The first-order chi connectivity index (χ1) is 14.3. The van der Waals surface area contributed by atoms with Crippen LogP contribution in [0.1, 0.15) is 51.5 Å². The van der Waals surface area contributed by atoms with Crippen molar-refractivity contribution < 1.29 is 14.3 Å². The largest absolute Gasteiger partial charge is 0.462 e. The lowest BCUT2D eigenvalue weighted by molar-refractivity contribution is 0.0525. The maximum absolute atomic E-state index is 12.9. The van der Waals surface area contributed by atoms with Gasteiger partial charge in [-0.05, 0) is 63.6 Å². The van der Waals surface area contributed by atoms with E-state index in [9.17, 15) is 9.59 Å². The van der Waals surface area contributed by atoms with Crippen molar-refractivity contribution in [2.45, 2.75) is 34.6 Å². The predicted molar refractivity (Wildman–Crippen MR) is 120 cm³/mol. The zero-order valence-electron chi connectivity index (χ0n) is 18.6. The highest BCUT2D eigenvalue weighted by atomic mass is 16.5. The lowest BCUT2D eigenvalue weighted by Gasteiger charge is -2.35. The van der Waals surface area contributed by atoms with Gasteiger partial charge in [0.1, 0.15) is 5.69 Å². The number of amides is 1. The molecule has 7 nitrogen and oxygen atoms in total. The molecular formula is C23H32N4O3. The average Bonchev–Trinajstić information content (AvgIpc) is 3.04. The zero-order chi connectivity index (χ0) is 21.8. The lowest BCUT2D eigenvalue weighted by atomic mass is 10.1. The van der Waals surface area contributed by atoms with Gasteiger partial charge in [-0.25, -0.2) is 4.79 Å². The third-order valence-electron chi connectivity index (χ3n) is 5.79. The number of hydrogen-bond acceptors (Lipinski definition) is 5. The van der Waals surface area contributed by atoms with Gasteiger partial charge in [0.25, 0.3) is 5.91 Å². The molecule has 7 heteroatoms. The van der Waals surface area contributed by atoms with Crippen LogP contribution in [0.5, 0.6) is 0 Å². The Kier molecular flexibility index (Phi) is 6.82. The molecule has 1 aromatic heterocycles. The minimum atomic E-state index is -0.411. The Morgan fingerprint density at radius 3 is 2.40 bits per heavy atom. The molecule has 1 aromatic carbocycles. The number of nitrogens with zero attached hydrogens (tertiary/aromatic N) is 2. The summed E-state index contributed by atoms with van der Waals surface area (Å²) in [7, 11) is 0. The summed E-state index contributed by atoms with van der Waals surface area (Å²) < 4.78 is 5.11. The van der Waals surface area contributed by atoms with Crippen molar-refractivity contribution in [3.8, 4) is 0 Å². The molecule has 0 aliphatic carbocycles. The second-order valence-corrected chi connectivity index (χ2v) is 7.72. The van der Waals surface area contributed by atoms with Crippen molar-refractivity contribution in [2.75, 3.05) is 49.5 Å². The fourth-order valence-electron chi connectivity index (χ4n) is 3.98. The first kappa shape index (κ1) is 21.9. The summed E-state index contributed by atoms with van der Waals surface area (Å²) in [5.41, 5.74) is 5.00. The molecule has 2 aromatic rings. The van der Waals surface area contributed by atoms with E-state index in [1.807, 2.05) is 13.0 Å². The fraction of sp³-hybridized carbons (Fsp3) is 0.478. The molecule has 3 rings (SSSR count). The third-order valence-corrected chi connectivity index (χ3v) is 5.79. The summed E-state index contributed by atoms with van der Waals surface area (Å²) in [6.45, 7) is 15.0. The van der Waals surface area contributed by atoms with Gasteiger partial charge in [0.15, 0.2) is 0 Å². The van der Waals surface area contributed by atoms with Crippen LogP contribution in [0.15, 0.2) is 18.2 Å². The minimum absolute atomic E-state index is 0.265. The topological polar surface area (TPSA) is 77.7 Å². The number of aromatic amines is 1. The quantitative estimate of drug-likeness (QED) is 0.710. The number of rotatable bonds is 6. The normalized spacial score (nSPS) is 14.6. The number of likely N-dealkylation sites (N-methyl/N-ethyl adjacent to an activating group) is 1. The van der Waals surface area contributed by atoms with Crippen LogP contribution in [-0.2, 0) is 4.74 Å². The number of aryl methyl sites for hydroxylation is 2. The molecule has 0 atom stereocenters. The smallest absolute Gasteiger partial charge is 0.340 e. The van der Waals surface area contributed by atoms with Crippen molar-refractivity contribution >= 4 is 23.3 Å². The summed E-state index contributed by atoms with van der Waals surface area (Å²) in [5, 5.41) is 2.98. The zero-order valence-corrected chi connectivity index (χ0v) is 18.6. The number of aromatic nitrogens is 1. The molecule has 1 fully saturated rings. The van der Waals surface area contributed by atoms with E-state index >= 15 is 0 Å². The molecular weight excluding hydrogens is 380 g/mol. The second kappa shape index (κ2) is 9.34. The number of nitrogens with one attached hydrogen (secondary N) is 2. The van der Waals surface area contributed by atoms with E-state index in [2.05, 4.69) is 39.2 Å². The molecule has 162 valence electrons. The van der Waals surface area contributed by atoms with E-state index in [1.165, 1.54) is 5.69 Å². The number of benzene rings is 1. The molecule has 1 saturated heterocycles. The number of esters is 1. The van der Waals surface area contributed by atoms with Gasteiger partial charge in [-0.2, -0.15) is 0 Å².